The van der Waals surface area contributed by atoms with Gasteiger partial charge in [0.15, 0.2) is 11.6 Å². The maximum atomic E-state index is 13.5. The highest BCUT2D eigenvalue weighted by Crippen LogP contribution is 2.43. The zero-order valence-electron chi connectivity index (χ0n) is 19.0. The molecular weight excluding hydrogens is 467 g/mol. The molecule has 0 fully saturated rings. The summed E-state index contributed by atoms with van der Waals surface area (Å²) < 4.78 is 17.3. The lowest BCUT2D eigenvalue weighted by molar-refractivity contribution is 0.586. The largest absolute Gasteiger partial charge is 0.314 e. The van der Waals surface area contributed by atoms with E-state index >= 15 is 0 Å². The first-order valence-electron chi connectivity index (χ1n) is 11.2. The fourth-order valence-corrected chi connectivity index (χ4v) is 4.64. The van der Waals surface area contributed by atoms with Crippen LogP contribution in [0, 0.1) is 12.7 Å². The zero-order chi connectivity index (χ0) is 24.1. The summed E-state index contributed by atoms with van der Waals surface area (Å²) in [7, 11) is 0. The van der Waals surface area contributed by atoms with Gasteiger partial charge in [-0.25, -0.2) is 14.4 Å². The van der Waals surface area contributed by atoms with Crippen molar-refractivity contribution in [3.8, 4) is 23.0 Å². The molecule has 0 spiro atoms. The lowest BCUT2D eigenvalue weighted by Gasteiger charge is -2.37. The van der Waals surface area contributed by atoms with E-state index in [0.29, 0.717) is 16.8 Å². The van der Waals surface area contributed by atoms with Crippen molar-refractivity contribution in [1.82, 2.24) is 34.3 Å². The van der Waals surface area contributed by atoms with Crippen molar-refractivity contribution in [2.75, 3.05) is 4.90 Å². The number of nitrogens with zero attached hydrogens (tertiary/aromatic N) is 8. The fourth-order valence-electron chi connectivity index (χ4n) is 4.51. The molecule has 0 N–H and O–H groups in total. The van der Waals surface area contributed by atoms with Gasteiger partial charge in [-0.15, -0.1) is 10.2 Å². The minimum absolute atomic E-state index is 0.0908. The third kappa shape index (κ3) is 3.47. The smallest absolute Gasteiger partial charge is 0.237 e. The van der Waals surface area contributed by atoms with E-state index in [1.54, 1.807) is 35.3 Å². The van der Waals surface area contributed by atoms with E-state index in [1.165, 1.54) is 12.1 Å². The van der Waals surface area contributed by atoms with E-state index in [4.69, 9.17) is 16.6 Å². The SMILES string of the molecule is CCC1c2nnc(C)n2-c2cnc(-n3ccnc3-c3ccc(F)cc3)nc2N1c1ccc(Cl)cc1. The number of fused-ring (bicyclic) bond motifs is 3. The lowest BCUT2D eigenvalue weighted by atomic mass is 10.1. The van der Waals surface area contributed by atoms with Gasteiger partial charge in [0.25, 0.3) is 0 Å². The molecule has 0 saturated heterocycles. The average Bonchev–Trinajstić information content (AvgIpc) is 3.51. The normalized spacial score (nSPS) is 14.6. The minimum Gasteiger partial charge on any atom is -0.314 e. The number of benzene rings is 2. The Kier molecular flexibility index (Phi) is 5.07. The Labute approximate surface area is 205 Å². The molecular formula is C25H20ClFN8. The summed E-state index contributed by atoms with van der Waals surface area (Å²) >= 11 is 6.18. The number of halogens is 2. The van der Waals surface area contributed by atoms with E-state index in [-0.39, 0.29) is 11.9 Å². The molecule has 8 nitrogen and oxygen atoms in total. The second-order valence-electron chi connectivity index (χ2n) is 8.22. The van der Waals surface area contributed by atoms with Gasteiger partial charge in [0.2, 0.25) is 5.95 Å². The quantitative estimate of drug-likeness (QED) is 0.328. The number of anilines is 2. The summed E-state index contributed by atoms with van der Waals surface area (Å²) in [5.41, 5.74) is 2.48. The maximum absolute atomic E-state index is 13.5. The molecule has 3 aromatic heterocycles. The van der Waals surface area contributed by atoms with Crippen LogP contribution in [0.2, 0.25) is 5.02 Å². The third-order valence-electron chi connectivity index (χ3n) is 6.12. The molecule has 1 aliphatic rings. The van der Waals surface area contributed by atoms with Gasteiger partial charge in [-0.1, -0.05) is 18.5 Å². The summed E-state index contributed by atoms with van der Waals surface area (Å²) in [5, 5.41) is 9.47. The predicted octanol–water partition coefficient (Wildman–Crippen LogP) is 5.61. The van der Waals surface area contributed by atoms with Crippen LogP contribution in [0.25, 0.3) is 23.0 Å². The standard InChI is InChI=1S/C25H20ClFN8/c1-3-20-24-32-31-15(2)34(24)21-14-29-25(30-23(21)35(20)19-10-6-17(26)7-11-19)33-13-12-28-22(33)16-4-8-18(27)9-5-16/h4-14,20H,3H2,1-2H3. The Morgan fingerprint density at radius 2 is 1.77 bits per heavy atom. The van der Waals surface area contributed by atoms with Crippen LogP contribution < -0.4 is 4.90 Å². The van der Waals surface area contributed by atoms with Crippen molar-refractivity contribution in [1.29, 1.82) is 0 Å². The summed E-state index contributed by atoms with van der Waals surface area (Å²) in [6.45, 7) is 4.03. The third-order valence-corrected chi connectivity index (χ3v) is 6.37. The highest BCUT2D eigenvalue weighted by Gasteiger charge is 2.36. The Hall–Kier alpha value is -4.11. The second-order valence-corrected chi connectivity index (χ2v) is 8.65. The molecule has 1 unspecified atom stereocenters. The number of hydrogen-bond donors (Lipinski definition) is 0. The average molecular weight is 487 g/mol. The molecule has 0 radical (unpaired) electrons. The van der Waals surface area contributed by atoms with E-state index in [2.05, 4.69) is 32.0 Å². The molecule has 0 bridgehead atoms. The highest BCUT2D eigenvalue weighted by atomic mass is 35.5. The van der Waals surface area contributed by atoms with E-state index in [9.17, 15) is 4.39 Å². The Morgan fingerprint density at radius 3 is 2.51 bits per heavy atom. The first-order chi connectivity index (χ1) is 17.0. The van der Waals surface area contributed by atoms with Gasteiger partial charge in [0, 0.05) is 28.7 Å². The molecule has 1 aliphatic heterocycles. The molecule has 1 atom stereocenters. The van der Waals surface area contributed by atoms with Crippen molar-refractivity contribution >= 4 is 23.1 Å². The van der Waals surface area contributed by atoms with Crippen LogP contribution in [0.3, 0.4) is 0 Å². The van der Waals surface area contributed by atoms with Crippen LogP contribution in [0.1, 0.15) is 31.0 Å². The molecule has 174 valence electrons. The molecule has 0 amide bonds. The van der Waals surface area contributed by atoms with Gasteiger partial charge in [0.1, 0.15) is 23.2 Å². The van der Waals surface area contributed by atoms with Gasteiger partial charge >= 0.3 is 0 Å². The van der Waals surface area contributed by atoms with Gasteiger partial charge in [-0.05, 0) is 61.9 Å². The molecule has 10 heteroatoms. The van der Waals surface area contributed by atoms with Crippen LogP contribution in [0.5, 0.6) is 0 Å². The number of aromatic nitrogens is 7. The van der Waals surface area contributed by atoms with E-state index in [1.807, 2.05) is 35.8 Å². The Balaban J connectivity index is 1.55. The van der Waals surface area contributed by atoms with Crippen molar-refractivity contribution in [3.05, 3.63) is 89.6 Å². The van der Waals surface area contributed by atoms with Crippen LogP contribution in [0.4, 0.5) is 15.9 Å². The van der Waals surface area contributed by atoms with Gasteiger partial charge in [-0.3, -0.25) is 9.13 Å². The maximum Gasteiger partial charge on any atom is 0.237 e. The van der Waals surface area contributed by atoms with Crippen LogP contribution in [0.15, 0.2) is 67.1 Å². The Morgan fingerprint density at radius 1 is 1.00 bits per heavy atom. The van der Waals surface area contributed by atoms with Crippen LogP contribution in [-0.4, -0.2) is 34.3 Å². The topological polar surface area (TPSA) is 77.5 Å². The summed E-state index contributed by atoms with van der Waals surface area (Å²) in [5.74, 6) is 3.08. The number of rotatable bonds is 4. The number of hydrogen-bond acceptors (Lipinski definition) is 6. The lowest BCUT2D eigenvalue weighted by Crippen LogP contribution is -2.32. The molecule has 4 heterocycles. The van der Waals surface area contributed by atoms with Crippen molar-refractivity contribution in [3.63, 3.8) is 0 Å². The zero-order valence-corrected chi connectivity index (χ0v) is 19.7. The van der Waals surface area contributed by atoms with Crippen molar-refractivity contribution in [2.24, 2.45) is 0 Å². The second kappa shape index (κ2) is 8.28. The van der Waals surface area contributed by atoms with Crippen LogP contribution >= 0.6 is 11.6 Å². The van der Waals surface area contributed by atoms with E-state index < -0.39 is 0 Å². The monoisotopic (exact) mass is 486 g/mol. The highest BCUT2D eigenvalue weighted by molar-refractivity contribution is 6.30. The molecule has 0 aliphatic carbocycles. The summed E-state index contributed by atoms with van der Waals surface area (Å²) in [4.78, 5) is 16.3. The van der Waals surface area contributed by atoms with Gasteiger partial charge < -0.3 is 4.90 Å². The van der Waals surface area contributed by atoms with E-state index in [0.717, 1.165) is 40.8 Å². The van der Waals surface area contributed by atoms with Crippen molar-refractivity contribution in [2.45, 2.75) is 26.3 Å². The van der Waals surface area contributed by atoms with Gasteiger partial charge in [0.05, 0.1) is 12.2 Å². The summed E-state index contributed by atoms with van der Waals surface area (Å²) in [6, 6.07) is 13.8. The molecule has 6 rings (SSSR count). The first-order valence-corrected chi connectivity index (χ1v) is 11.6. The number of imidazole rings is 1. The molecule has 5 aromatic rings. The van der Waals surface area contributed by atoms with Crippen LogP contribution in [-0.2, 0) is 0 Å². The van der Waals surface area contributed by atoms with Crippen molar-refractivity contribution < 1.29 is 4.39 Å². The first kappa shape index (κ1) is 21.4. The predicted molar refractivity (Wildman–Crippen MR) is 131 cm³/mol. The summed E-state index contributed by atoms with van der Waals surface area (Å²) in [6.07, 6.45) is 6.03. The fraction of sp³-hybridized carbons (Fsp3) is 0.160. The van der Waals surface area contributed by atoms with Gasteiger partial charge in [-0.2, -0.15) is 4.98 Å². The Bertz CT molecular complexity index is 1520. The molecule has 0 saturated carbocycles. The minimum atomic E-state index is -0.304. The molecule has 2 aromatic carbocycles. The molecule has 35 heavy (non-hydrogen) atoms. The number of aryl methyl sites for hydroxylation is 1.